The smallest absolute Gasteiger partial charge is 0.306 e. The molecule has 0 N–H and O–H groups in total. The highest BCUT2D eigenvalue weighted by Gasteiger charge is 2.15. The number of unbranched alkanes of at least 4 members (excludes halogenated alkanes) is 11. The summed E-state index contributed by atoms with van der Waals surface area (Å²) in [6.07, 6.45) is 21.9. The van der Waals surface area contributed by atoms with Crippen molar-refractivity contribution in [1.82, 2.24) is 0 Å². The predicted octanol–water partition coefficient (Wildman–Crippen LogP) is 7.37. The number of carbonyl (C=O) groups is 1. The van der Waals surface area contributed by atoms with Gasteiger partial charge in [-0.1, -0.05) is 70.4 Å². The van der Waals surface area contributed by atoms with Gasteiger partial charge in [0, 0.05) is 6.42 Å². The monoisotopic (exact) mass is 338 g/mol. The minimum absolute atomic E-state index is 0.0554. The van der Waals surface area contributed by atoms with E-state index in [-0.39, 0.29) is 11.6 Å². The summed E-state index contributed by atoms with van der Waals surface area (Å²) < 4.78 is 5.31. The average molecular weight is 339 g/mol. The molecule has 0 aromatic heterocycles. The summed E-state index contributed by atoms with van der Waals surface area (Å²) in [5.41, 5.74) is -0.348. The van der Waals surface area contributed by atoms with Crippen molar-refractivity contribution >= 4 is 5.97 Å². The topological polar surface area (TPSA) is 26.3 Å². The molecule has 2 nitrogen and oxygen atoms in total. The van der Waals surface area contributed by atoms with E-state index in [2.05, 4.69) is 19.1 Å². The van der Waals surface area contributed by atoms with Gasteiger partial charge < -0.3 is 4.74 Å². The van der Waals surface area contributed by atoms with Gasteiger partial charge >= 0.3 is 5.97 Å². The van der Waals surface area contributed by atoms with Crippen LogP contribution in [0.25, 0.3) is 0 Å². The van der Waals surface area contributed by atoms with Gasteiger partial charge in [0.15, 0.2) is 0 Å². The Balaban J connectivity index is 3.25. The zero-order valence-electron chi connectivity index (χ0n) is 16.9. The molecule has 0 bridgehead atoms. The second kappa shape index (κ2) is 15.7. The molecule has 0 saturated carbocycles. The molecule has 0 amide bonds. The zero-order valence-corrected chi connectivity index (χ0v) is 16.9. The molecule has 24 heavy (non-hydrogen) atoms. The lowest BCUT2D eigenvalue weighted by Crippen LogP contribution is -2.23. The molecule has 0 radical (unpaired) electrons. The van der Waals surface area contributed by atoms with Crippen molar-refractivity contribution in [2.45, 2.75) is 123 Å². The summed E-state index contributed by atoms with van der Waals surface area (Å²) in [4.78, 5) is 11.6. The number of rotatable bonds is 15. The third kappa shape index (κ3) is 19.3. The molecule has 0 unspecified atom stereocenters. The van der Waals surface area contributed by atoms with E-state index in [1.807, 2.05) is 20.8 Å². The van der Waals surface area contributed by atoms with Gasteiger partial charge in [-0.3, -0.25) is 4.79 Å². The van der Waals surface area contributed by atoms with E-state index in [0.29, 0.717) is 6.42 Å². The summed E-state index contributed by atoms with van der Waals surface area (Å²) in [6.45, 7) is 8.03. The van der Waals surface area contributed by atoms with Crippen molar-refractivity contribution in [3.8, 4) is 0 Å². The molecular weight excluding hydrogens is 296 g/mol. The fourth-order valence-corrected chi connectivity index (χ4v) is 2.73. The van der Waals surface area contributed by atoms with Crippen molar-refractivity contribution < 1.29 is 9.53 Å². The third-order valence-corrected chi connectivity index (χ3v) is 4.06. The fraction of sp³-hybridized carbons (Fsp3) is 0.864. The van der Waals surface area contributed by atoms with Crippen LogP contribution in [-0.4, -0.2) is 11.6 Å². The van der Waals surface area contributed by atoms with E-state index < -0.39 is 0 Å². The summed E-state index contributed by atoms with van der Waals surface area (Å²) in [6, 6.07) is 0. The van der Waals surface area contributed by atoms with Gasteiger partial charge in [0.25, 0.3) is 0 Å². The van der Waals surface area contributed by atoms with Crippen LogP contribution >= 0.6 is 0 Å². The Hall–Kier alpha value is -0.790. The van der Waals surface area contributed by atoms with Crippen LogP contribution in [0.3, 0.4) is 0 Å². The molecule has 0 aliphatic heterocycles. The maximum atomic E-state index is 11.6. The van der Waals surface area contributed by atoms with E-state index >= 15 is 0 Å². The van der Waals surface area contributed by atoms with Crippen LogP contribution in [0.4, 0.5) is 0 Å². The van der Waals surface area contributed by atoms with Crippen molar-refractivity contribution in [2.24, 2.45) is 0 Å². The van der Waals surface area contributed by atoms with Gasteiger partial charge in [-0.2, -0.15) is 0 Å². The number of allylic oxidation sites excluding steroid dienone is 2. The van der Waals surface area contributed by atoms with Crippen molar-refractivity contribution in [3.05, 3.63) is 12.2 Å². The first-order chi connectivity index (χ1) is 11.5. The van der Waals surface area contributed by atoms with Gasteiger partial charge in [-0.05, 0) is 52.9 Å². The summed E-state index contributed by atoms with van der Waals surface area (Å²) in [5, 5.41) is 0. The van der Waals surface area contributed by atoms with E-state index in [4.69, 9.17) is 4.74 Å². The Morgan fingerprint density at radius 3 is 1.71 bits per heavy atom. The van der Waals surface area contributed by atoms with Crippen molar-refractivity contribution in [3.63, 3.8) is 0 Å². The lowest BCUT2D eigenvalue weighted by atomic mass is 10.1. The molecular formula is C22H42O2. The maximum Gasteiger partial charge on any atom is 0.306 e. The Bertz CT molecular complexity index is 312. The molecule has 2 heteroatoms. The highest BCUT2D eigenvalue weighted by atomic mass is 16.6. The van der Waals surface area contributed by atoms with E-state index in [9.17, 15) is 4.79 Å². The Morgan fingerprint density at radius 1 is 0.750 bits per heavy atom. The minimum Gasteiger partial charge on any atom is -0.460 e. The Morgan fingerprint density at radius 2 is 1.21 bits per heavy atom. The van der Waals surface area contributed by atoms with Crippen molar-refractivity contribution in [2.75, 3.05) is 0 Å². The highest BCUT2D eigenvalue weighted by Crippen LogP contribution is 2.12. The van der Waals surface area contributed by atoms with Crippen LogP contribution in [0.5, 0.6) is 0 Å². The average Bonchev–Trinajstić information content (AvgIpc) is 2.49. The summed E-state index contributed by atoms with van der Waals surface area (Å²) in [5.74, 6) is -0.0554. The van der Waals surface area contributed by atoms with Crippen molar-refractivity contribution in [1.29, 1.82) is 0 Å². The first-order valence-corrected chi connectivity index (χ1v) is 10.3. The fourth-order valence-electron chi connectivity index (χ4n) is 2.73. The molecule has 0 aromatic rings. The summed E-state index contributed by atoms with van der Waals surface area (Å²) >= 11 is 0. The van der Waals surface area contributed by atoms with Crippen LogP contribution in [0.2, 0.25) is 0 Å². The Kier molecular flexibility index (Phi) is 15.2. The van der Waals surface area contributed by atoms with Gasteiger partial charge in [-0.15, -0.1) is 0 Å². The zero-order chi connectivity index (χ0) is 18.1. The Labute approximate surface area is 151 Å². The lowest BCUT2D eigenvalue weighted by molar-refractivity contribution is -0.154. The van der Waals surface area contributed by atoms with Crippen LogP contribution in [-0.2, 0) is 9.53 Å². The van der Waals surface area contributed by atoms with Gasteiger partial charge in [0.2, 0.25) is 0 Å². The van der Waals surface area contributed by atoms with Gasteiger partial charge in [0.05, 0.1) is 0 Å². The second-order valence-corrected chi connectivity index (χ2v) is 7.92. The normalized spacial score (nSPS) is 12.0. The molecule has 0 spiro atoms. The van der Waals surface area contributed by atoms with Gasteiger partial charge in [-0.25, -0.2) is 0 Å². The lowest BCUT2D eigenvalue weighted by Gasteiger charge is -2.19. The number of ether oxygens (including phenoxy) is 1. The highest BCUT2D eigenvalue weighted by molar-refractivity contribution is 5.69. The molecule has 0 aliphatic rings. The SMILES string of the molecule is CCCCCCCCC=CCCCCCCCC(=O)OC(C)(C)C. The quantitative estimate of drug-likeness (QED) is 0.177. The number of esters is 1. The van der Waals surface area contributed by atoms with E-state index in [0.717, 1.165) is 12.8 Å². The summed E-state index contributed by atoms with van der Waals surface area (Å²) in [7, 11) is 0. The molecule has 0 aliphatic carbocycles. The van der Waals surface area contributed by atoms with Gasteiger partial charge in [0.1, 0.15) is 5.60 Å². The molecule has 0 heterocycles. The van der Waals surface area contributed by atoms with E-state index in [1.54, 1.807) is 0 Å². The first-order valence-electron chi connectivity index (χ1n) is 10.3. The molecule has 0 rings (SSSR count). The molecule has 0 fully saturated rings. The predicted molar refractivity (Wildman–Crippen MR) is 105 cm³/mol. The van der Waals surface area contributed by atoms with Crippen LogP contribution in [0.15, 0.2) is 12.2 Å². The molecule has 0 saturated heterocycles. The second-order valence-electron chi connectivity index (χ2n) is 7.92. The number of hydrogen-bond acceptors (Lipinski definition) is 2. The minimum atomic E-state index is -0.348. The number of carbonyl (C=O) groups excluding carboxylic acids is 1. The van der Waals surface area contributed by atoms with E-state index in [1.165, 1.54) is 70.6 Å². The van der Waals surface area contributed by atoms with Crippen LogP contribution in [0, 0.1) is 0 Å². The van der Waals surface area contributed by atoms with Crippen LogP contribution < -0.4 is 0 Å². The first kappa shape index (κ1) is 23.2. The molecule has 142 valence electrons. The molecule has 0 aromatic carbocycles. The number of hydrogen-bond donors (Lipinski definition) is 0. The van der Waals surface area contributed by atoms with Crippen LogP contribution in [0.1, 0.15) is 118 Å². The third-order valence-electron chi connectivity index (χ3n) is 4.06. The molecule has 0 atom stereocenters. The standard InChI is InChI=1S/C22H42O2/c1-5-6-7-8-9-10-11-12-13-14-15-16-17-18-19-20-21(23)24-22(2,3)4/h12-13H,5-11,14-20H2,1-4H3. The maximum absolute atomic E-state index is 11.6. The largest absolute Gasteiger partial charge is 0.460 e.